The van der Waals surface area contributed by atoms with Gasteiger partial charge in [-0.15, -0.1) is 0 Å². The molecule has 8 rings (SSSR count). The highest BCUT2D eigenvalue weighted by Crippen LogP contribution is 2.55. The van der Waals surface area contributed by atoms with Crippen LogP contribution in [0.1, 0.15) is 73.4 Å². The monoisotopic (exact) mass is 617 g/mol. The molecule has 1 spiro atoms. The van der Waals surface area contributed by atoms with Crippen LogP contribution in [0.15, 0.2) is 53.1 Å². The lowest BCUT2D eigenvalue weighted by Crippen LogP contribution is -2.47. The maximum absolute atomic E-state index is 13.9. The Balaban J connectivity index is 0.957. The van der Waals surface area contributed by atoms with Crippen molar-refractivity contribution in [2.75, 3.05) is 31.2 Å². The van der Waals surface area contributed by atoms with Gasteiger partial charge in [-0.05, 0) is 87.5 Å². The highest BCUT2D eigenvalue weighted by atomic mass is 19.4. The van der Waals surface area contributed by atoms with Crippen LogP contribution in [0.5, 0.6) is 5.75 Å². The fourth-order valence-electron chi connectivity index (χ4n) is 7.97. The quantitative estimate of drug-likeness (QED) is 0.207. The molecule has 0 amide bonds. The molecule has 4 fully saturated rings. The summed E-state index contributed by atoms with van der Waals surface area (Å²) in [6, 6.07) is 14.3. The minimum Gasteiger partial charge on any atom is -0.487 e. The zero-order valence-electron chi connectivity index (χ0n) is 25.5. The van der Waals surface area contributed by atoms with E-state index < -0.39 is 11.7 Å². The summed E-state index contributed by atoms with van der Waals surface area (Å²) in [5.41, 5.74) is 4.13. The maximum Gasteiger partial charge on any atom is 0.417 e. The molecular weight excluding hydrogens is 579 g/mol. The van der Waals surface area contributed by atoms with E-state index in [0.717, 1.165) is 111 Å². The van der Waals surface area contributed by atoms with Gasteiger partial charge in [-0.3, -0.25) is 4.98 Å². The van der Waals surface area contributed by atoms with Gasteiger partial charge in [0.25, 0.3) is 0 Å². The predicted molar refractivity (Wildman–Crippen MR) is 166 cm³/mol. The molecule has 0 N–H and O–H groups in total. The number of anilines is 1. The average Bonchev–Trinajstić information content (AvgIpc) is 3.56. The van der Waals surface area contributed by atoms with Crippen molar-refractivity contribution in [1.82, 2.24) is 10.1 Å². The molecule has 1 atom stereocenters. The van der Waals surface area contributed by atoms with Crippen LogP contribution in [0, 0.1) is 18.3 Å². The third-order valence-electron chi connectivity index (χ3n) is 10.4. The summed E-state index contributed by atoms with van der Waals surface area (Å²) in [6.45, 7) is 5.32. The van der Waals surface area contributed by atoms with Crippen LogP contribution in [-0.2, 0) is 17.3 Å². The summed E-state index contributed by atoms with van der Waals surface area (Å²) < 4.78 is 59.3. The molecule has 4 heterocycles. The second-order valence-electron chi connectivity index (χ2n) is 13.7. The van der Waals surface area contributed by atoms with Crippen LogP contribution in [-0.4, -0.2) is 42.5 Å². The van der Waals surface area contributed by atoms with Crippen molar-refractivity contribution in [2.45, 2.75) is 76.5 Å². The van der Waals surface area contributed by atoms with Crippen LogP contribution in [0.25, 0.3) is 22.2 Å². The first kappa shape index (κ1) is 28.9. The van der Waals surface area contributed by atoms with Gasteiger partial charge in [0.2, 0.25) is 0 Å². The molecule has 0 radical (unpaired) electrons. The number of benzene rings is 2. The van der Waals surface area contributed by atoms with E-state index in [1.165, 1.54) is 17.8 Å². The van der Waals surface area contributed by atoms with Crippen molar-refractivity contribution in [3.63, 3.8) is 0 Å². The number of aromatic nitrogens is 2. The number of piperidine rings is 1. The number of rotatable bonds is 7. The number of halogens is 3. The van der Waals surface area contributed by atoms with Gasteiger partial charge in [0.05, 0.1) is 24.3 Å². The number of alkyl halides is 3. The van der Waals surface area contributed by atoms with Gasteiger partial charge < -0.3 is 18.9 Å². The van der Waals surface area contributed by atoms with E-state index in [9.17, 15) is 13.2 Å². The number of pyridine rings is 1. The number of aryl methyl sites for hydroxylation is 1. The fraction of sp³-hybridized carbons (Fsp3) is 0.500. The lowest BCUT2D eigenvalue weighted by molar-refractivity contribution is -0.137. The van der Waals surface area contributed by atoms with E-state index >= 15 is 0 Å². The molecule has 9 heteroatoms. The highest BCUT2D eigenvalue weighted by Gasteiger charge is 2.47. The lowest BCUT2D eigenvalue weighted by Gasteiger charge is -2.53. The Morgan fingerprint density at radius 2 is 1.82 bits per heavy atom. The minimum atomic E-state index is -4.44. The lowest BCUT2D eigenvalue weighted by atomic mass is 9.56. The Bertz CT molecular complexity index is 1710. The Morgan fingerprint density at radius 1 is 1.02 bits per heavy atom. The molecule has 2 aliphatic carbocycles. The first-order valence-electron chi connectivity index (χ1n) is 16.3. The van der Waals surface area contributed by atoms with E-state index in [0.29, 0.717) is 23.6 Å². The Labute approximate surface area is 260 Å². The number of fused-ring (bicyclic) bond motifs is 1. The van der Waals surface area contributed by atoms with Gasteiger partial charge in [-0.2, -0.15) is 13.2 Å². The Kier molecular flexibility index (Phi) is 7.08. The summed E-state index contributed by atoms with van der Waals surface area (Å²) in [5, 5.41) is 5.28. The van der Waals surface area contributed by atoms with Crippen molar-refractivity contribution in [1.29, 1.82) is 0 Å². The molecule has 4 aliphatic rings. The molecule has 2 aliphatic heterocycles. The van der Waals surface area contributed by atoms with Crippen molar-refractivity contribution in [2.24, 2.45) is 11.3 Å². The van der Waals surface area contributed by atoms with E-state index in [4.69, 9.17) is 19.0 Å². The molecule has 2 aromatic heterocycles. The third kappa shape index (κ3) is 5.58. The predicted octanol–water partition coefficient (Wildman–Crippen LogP) is 8.50. The van der Waals surface area contributed by atoms with E-state index in [-0.39, 0.29) is 17.6 Å². The largest absolute Gasteiger partial charge is 0.487 e. The molecule has 0 bridgehead atoms. The van der Waals surface area contributed by atoms with Gasteiger partial charge in [0, 0.05) is 59.4 Å². The molecule has 6 nitrogen and oxygen atoms in total. The molecule has 2 saturated carbocycles. The van der Waals surface area contributed by atoms with Crippen molar-refractivity contribution >= 4 is 16.6 Å². The maximum atomic E-state index is 13.9. The minimum absolute atomic E-state index is 0.0775. The number of nitrogens with zero attached hydrogens (tertiary/aromatic N) is 3. The molecule has 2 saturated heterocycles. The van der Waals surface area contributed by atoms with Crippen LogP contribution >= 0.6 is 0 Å². The van der Waals surface area contributed by atoms with Crippen molar-refractivity contribution < 1.29 is 27.2 Å². The summed E-state index contributed by atoms with van der Waals surface area (Å²) in [7, 11) is 0. The zero-order chi connectivity index (χ0) is 30.8. The van der Waals surface area contributed by atoms with Gasteiger partial charge >= 0.3 is 6.18 Å². The van der Waals surface area contributed by atoms with Crippen LogP contribution in [0.2, 0.25) is 0 Å². The van der Waals surface area contributed by atoms with E-state index in [2.05, 4.69) is 28.3 Å². The third-order valence-corrected chi connectivity index (χ3v) is 10.4. The number of hydrogen-bond donors (Lipinski definition) is 0. The molecule has 236 valence electrons. The standard InChI is InChI=1S/C36H38F3N3O3/c1-22-16-32(44-26-10-15-43-21-26)28-18-25(8-9-31(28)40-22)42-13-11-35(12-14-42)19-23(20-35)17-29-33(41-45-34(29)24-6-7-24)27-4-2-3-5-30(27)36(37,38)39/h2-5,8-9,16,18,23-24,26H,6-7,10-15,17,19-21H2,1H3. The average molecular weight is 618 g/mol. The highest BCUT2D eigenvalue weighted by molar-refractivity contribution is 5.88. The second kappa shape index (κ2) is 11.0. The second-order valence-corrected chi connectivity index (χ2v) is 13.7. The molecular formula is C36H38F3N3O3. The van der Waals surface area contributed by atoms with Crippen molar-refractivity contribution in [3.8, 4) is 17.0 Å². The zero-order valence-corrected chi connectivity index (χ0v) is 25.5. The van der Waals surface area contributed by atoms with Gasteiger partial charge in [-0.1, -0.05) is 23.4 Å². The van der Waals surface area contributed by atoms with Gasteiger partial charge in [0.15, 0.2) is 0 Å². The van der Waals surface area contributed by atoms with Crippen LogP contribution < -0.4 is 9.64 Å². The normalized spacial score (nSPS) is 21.9. The summed E-state index contributed by atoms with van der Waals surface area (Å²) in [5.74, 6) is 2.40. The van der Waals surface area contributed by atoms with E-state index in [1.807, 2.05) is 13.0 Å². The van der Waals surface area contributed by atoms with Gasteiger partial charge in [-0.25, -0.2) is 0 Å². The summed E-state index contributed by atoms with van der Waals surface area (Å²) in [4.78, 5) is 7.22. The number of hydrogen-bond acceptors (Lipinski definition) is 6. The first-order chi connectivity index (χ1) is 21.7. The molecule has 2 aromatic carbocycles. The SMILES string of the molecule is Cc1cc(OC2CCOC2)c2cc(N3CCC4(CC3)CC(Cc3c(-c5ccccc5C(F)(F)F)noc3C3CC3)C4)ccc2n1. The van der Waals surface area contributed by atoms with Crippen LogP contribution in [0.4, 0.5) is 18.9 Å². The Hall–Kier alpha value is -3.59. The summed E-state index contributed by atoms with van der Waals surface area (Å²) in [6.07, 6.45) is 3.71. The molecule has 4 aromatic rings. The van der Waals surface area contributed by atoms with Crippen molar-refractivity contribution in [3.05, 3.63) is 71.1 Å². The smallest absolute Gasteiger partial charge is 0.417 e. The first-order valence-corrected chi connectivity index (χ1v) is 16.3. The molecule has 45 heavy (non-hydrogen) atoms. The van der Waals surface area contributed by atoms with Crippen LogP contribution in [0.3, 0.4) is 0 Å². The fourth-order valence-corrected chi connectivity index (χ4v) is 7.97. The summed E-state index contributed by atoms with van der Waals surface area (Å²) >= 11 is 0. The molecule has 1 unspecified atom stereocenters. The Morgan fingerprint density at radius 3 is 2.56 bits per heavy atom. The number of ether oxygens (including phenoxy) is 2. The van der Waals surface area contributed by atoms with E-state index in [1.54, 1.807) is 6.07 Å². The van der Waals surface area contributed by atoms with Gasteiger partial charge in [0.1, 0.15) is 23.3 Å². The topological polar surface area (TPSA) is 60.6 Å².